The maximum atomic E-state index is 11.8. The van der Waals surface area contributed by atoms with E-state index in [0.29, 0.717) is 19.4 Å². The van der Waals surface area contributed by atoms with Gasteiger partial charge in [0, 0.05) is 32.6 Å². The van der Waals surface area contributed by atoms with E-state index in [0.717, 1.165) is 18.7 Å². The number of hydrogen-bond acceptors (Lipinski definition) is 4. The highest BCUT2D eigenvalue weighted by Gasteiger charge is 2.04. The zero-order valence-corrected chi connectivity index (χ0v) is 11.5. The second-order valence-electron chi connectivity index (χ2n) is 4.55. The molecule has 0 unspecified atom stereocenters. The number of carboxylic acid groups (broad SMARTS) is 1. The van der Waals surface area contributed by atoms with Crippen LogP contribution in [0.25, 0.3) is 0 Å². The molecule has 6 heteroatoms. The smallest absolute Gasteiger partial charge is 0.303 e. The Morgan fingerprint density at radius 3 is 2.79 bits per heavy atom. The monoisotopic (exact) mass is 267 g/mol. The zero-order valence-electron chi connectivity index (χ0n) is 11.5. The number of nitrogens with zero attached hydrogens (tertiary/aromatic N) is 3. The standard InChI is InChI=1S/C13H21N3O3/c1-3-7-15(2)11-9-12(17)16(14-10-11)8-5-4-6-13(18)19/h9-10H,3-8H2,1-2H3,(H,18,19). The molecule has 0 aromatic carbocycles. The van der Waals surface area contributed by atoms with E-state index in [1.807, 2.05) is 11.9 Å². The number of hydrogen-bond donors (Lipinski definition) is 1. The van der Waals surface area contributed by atoms with Crippen LogP contribution in [0.1, 0.15) is 32.6 Å². The Morgan fingerprint density at radius 2 is 2.21 bits per heavy atom. The molecule has 0 aliphatic carbocycles. The van der Waals surface area contributed by atoms with Crippen LogP contribution < -0.4 is 10.5 Å². The molecule has 0 aliphatic heterocycles. The second-order valence-corrected chi connectivity index (χ2v) is 4.55. The van der Waals surface area contributed by atoms with Crippen LogP contribution in [0.4, 0.5) is 5.69 Å². The molecular formula is C13H21N3O3. The van der Waals surface area contributed by atoms with E-state index in [-0.39, 0.29) is 12.0 Å². The number of anilines is 1. The lowest BCUT2D eigenvalue weighted by Gasteiger charge is -2.17. The number of unbranched alkanes of at least 4 members (excludes halogenated alkanes) is 1. The lowest BCUT2D eigenvalue weighted by molar-refractivity contribution is -0.137. The predicted molar refractivity (Wildman–Crippen MR) is 73.5 cm³/mol. The molecule has 0 atom stereocenters. The fraction of sp³-hybridized carbons (Fsp3) is 0.615. The van der Waals surface area contributed by atoms with Gasteiger partial charge in [0.2, 0.25) is 0 Å². The minimum atomic E-state index is -0.808. The van der Waals surface area contributed by atoms with Crippen molar-refractivity contribution in [1.29, 1.82) is 0 Å². The van der Waals surface area contributed by atoms with Crippen LogP contribution in [0.2, 0.25) is 0 Å². The molecule has 0 saturated carbocycles. The third-order valence-corrected chi connectivity index (χ3v) is 2.87. The Balaban J connectivity index is 2.57. The molecule has 19 heavy (non-hydrogen) atoms. The van der Waals surface area contributed by atoms with Gasteiger partial charge in [-0.15, -0.1) is 0 Å². The third kappa shape index (κ3) is 5.11. The molecule has 0 aliphatic rings. The van der Waals surface area contributed by atoms with Gasteiger partial charge in [0.15, 0.2) is 0 Å². The van der Waals surface area contributed by atoms with E-state index in [2.05, 4.69) is 12.0 Å². The first-order valence-electron chi connectivity index (χ1n) is 6.54. The van der Waals surface area contributed by atoms with Gasteiger partial charge in [0.05, 0.1) is 11.9 Å². The normalized spacial score (nSPS) is 10.4. The molecule has 0 fully saturated rings. The summed E-state index contributed by atoms with van der Waals surface area (Å²) >= 11 is 0. The van der Waals surface area contributed by atoms with Gasteiger partial charge in [-0.2, -0.15) is 5.10 Å². The fourth-order valence-electron chi connectivity index (χ4n) is 1.80. The number of rotatable bonds is 8. The summed E-state index contributed by atoms with van der Waals surface area (Å²) in [6.45, 7) is 3.42. The molecule has 1 rings (SSSR count). The van der Waals surface area contributed by atoms with Crippen molar-refractivity contribution in [2.45, 2.75) is 39.2 Å². The van der Waals surface area contributed by atoms with Crippen LogP contribution in [0, 0.1) is 0 Å². The number of aromatic nitrogens is 2. The summed E-state index contributed by atoms with van der Waals surface area (Å²) in [6, 6.07) is 1.57. The molecule has 106 valence electrons. The molecule has 0 radical (unpaired) electrons. The Morgan fingerprint density at radius 1 is 1.47 bits per heavy atom. The molecule has 0 amide bonds. The summed E-state index contributed by atoms with van der Waals surface area (Å²) in [7, 11) is 1.93. The quantitative estimate of drug-likeness (QED) is 0.719. The molecule has 1 aromatic rings. The summed E-state index contributed by atoms with van der Waals surface area (Å²) in [5.41, 5.74) is 0.671. The summed E-state index contributed by atoms with van der Waals surface area (Å²) < 4.78 is 1.38. The molecule has 0 bridgehead atoms. The molecule has 0 spiro atoms. The van der Waals surface area contributed by atoms with Crippen LogP contribution in [0.3, 0.4) is 0 Å². The predicted octanol–water partition coefficient (Wildman–Crippen LogP) is 1.34. The largest absolute Gasteiger partial charge is 0.481 e. The van der Waals surface area contributed by atoms with Gasteiger partial charge in [-0.25, -0.2) is 4.68 Å². The number of carbonyl (C=O) groups is 1. The van der Waals surface area contributed by atoms with Crippen molar-refractivity contribution in [3.05, 3.63) is 22.6 Å². The van der Waals surface area contributed by atoms with Crippen LogP contribution in [0.5, 0.6) is 0 Å². The summed E-state index contributed by atoms with van der Waals surface area (Å²) in [5, 5.41) is 12.6. The number of aliphatic carboxylic acids is 1. The van der Waals surface area contributed by atoms with Crippen molar-refractivity contribution >= 4 is 11.7 Å². The third-order valence-electron chi connectivity index (χ3n) is 2.87. The zero-order chi connectivity index (χ0) is 14.3. The average Bonchev–Trinajstić information content (AvgIpc) is 2.36. The van der Waals surface area contributed by atoms with Gasteiger partial charge in [-0.3, -0.25) is 9.59 Å². The Hall–Kier alpha value is -1.85. The van der Waals surface area contributed by atoms with Gasteiger partial charge < -0.3 is 10.0 Å². The summed E-state index contributed by atoms with van der Waals surface area (Å²) in [5.74, 6) is -0.808. The lowest BCUT2D eigenvalue weighted by atomic mass is 10.2. The van der Waals surface area contributed by atoms with Crippen molar-refractivity contribution < 1.29 is 9.90 Å². The van der Waals surface area contributed by atoms with E-state index < -0.39 is 5.97 Å². The maximum absolute atomic E-state index is 11.8. The number of carboxylic acids is 1. The Kier molecular flexibility index (Phi) is 6.05. The van der Waals surface area contributed by atoms with Gasteiger partial charge in [0.1, 0.15) is 0 Å². The van der Waals surface area contributed by atoms with Crippen LogP contribution in [0.15, 0.2) is 17.1 Å². The minimum absolute atomic E-state index is 0.131. The molecule has 1 aromatic heterocycles. The highest BCUT2D eigenvalue weighted by Crippen LogP contribution is 2.07. The summed E-state index contributed by atoms with van der Waals surface area (Å²) in [6.07, 6.45) is 4.01. The van der Waals surface area contributed by atoms with E-state index in [9.17, 15) is 9.59 Å². The van der Waals surface area contributed by atoms with Crippen LogP contribution >= 0.6 is 0 Å². The highest BCUT2D eigenvalue weighted by atomic mass is 16.4. The van der Waals surface area contributed by atoms with Gasteiger partial charge in [-0.05, 0) is 19.3 Å². The van der Waals surface area contributed by atoms with Crippen LogP contribution in [-0.2, 0) is 11.3 Å². The first kappa shape index (κ1) is 15.2. The van der Waals surface area contributed by atoms with Gasteiger partial charge >= 0.3 is 5.97 Å². The van der Waals surface area contributed by atoms with Crippen LogP contribution in [-0.4, -0.2) is 34.4 Å². The molecule has 6 nitrogen and oxygen atoms in total. The molecule has 1 N–H and O–H groups in total. The average molecular weight is 267 g/mol. The molecular weight excluding hydrogens is 246 g/mol. The summed E-state index contributed by atoms with van der Waals surface area (Å²) in [4.78, 5) is 24.2. The lowest BCUT2D eigenvalue weighted by Crippen LogP contribution is -2.26. The van der Waals surface area contributed by atoms with E-state index in [1.54, 1.807) is 12.3 Å². The van der Waals surface area contributed by atoms with Crippen molar-refractivity contribution in [3.8, 4) is 0 Å². The van der Waals surface area contributed by atoms with Crippen molar-refractivity contribution in [3.63, 3.8) is 0 Å². The first-order chi connectivity index (χ1) is 9.04. The topological polar surface area (TPSA) is 75.4 Å². The van der Waals surface area contributed by atoms with E-state index in [4.69, 9.17) is 5.11 Å². The highest BCUT2D eigenvalue weighted by molar-refractivity contribution is 5.66. The Bertz CT molecular complexity index is 470. The SMILES string of the molecule is CCCN(C)c1cnn(CCCCC(=O)O)c(=O)c1. The Labute approximate surface area is 112 Å². The van der Waals surface area contributed by atoms with Gasteiger partial charge in [0.25, 0.3) is 5.56 Å². The van der Waals surface area contributed by atoms with Gasteiger partial charge in [-0.1, -0.05) is 6.92 Å². The number of aryl methyl sites for hydroxylation is 1. The van der Waals surface area contributed by atoms with Crippen molar-refractivity contribution in [1.82, 2.24) is 9.78 Å². The fourth-order valence-corrected chi connectivity index (χ4v) is 1.80. The molecule has 1 heterocycles. The first-order valence-corrected chi connectivity index (χ1v) is 6.54. The molecule has 0 saturated heterocycles. The van der Waals surface area contributed by atoms with Crippen molar-refractivity contribution in [2.75, 3.05) is 18.5 Å². The van der Waals surface area contributed by atoms with E-state index >= 15 is 0 Å². The van der Waals surface area contributed by atoms with E-state index in [1.165, 1.54) is 4.68 Å². The maximum Gasteiger partial charge on any atom is 0.303 e. The van der Waals surface area contributed by atoms with Crippen molar-refractivity contribution in [2.24, 2.45) is 0 Å². The minimum Gasteiger partial charge on any atom is -0.481 e. The second kappa shape index (κ2) is 7.56.